The van der Waals surface area contributed by atoms with Crippen molar-refractivity contribution in [3.8, 4) is 11.5 Å². The van der Waals surface area contributed by atoms with Crippen LogP contribution in [-0.2, 0) is 0 Å². The predicted octanol–water partition coefficient (Wildman–Crippen LogP) is 4.43. The second-order valence-electron chi connectivity index (χ2n) is 4.12. The third-order valence-corrected chi connectivity index (χ3v) is 2.88. The number of benzene rings is 2. The van der Waals surface area contributed by atoms with E-state index in [1.807, 2.05) is 0 Å². The molecular formula is C14H12ClF2NO. The Hall–Kier alpha value is -1.65. The Balaban J connectivity index is 2.41. The normalized spacial score (nSPS) is 12.3. The standard InChI is InChI=1S/C14H12ClF2NO/c1-8(18)14-11(17)3-2-4-13(14)19-12-6-5-9(16)7-10(12)15/h2-8H,18H2,1H3/t8-/m0/s1. The van der Waals surface area contributed by atoms with Gasteiger partial charge < -0.3 is 10.5 Å². The highest BCUT2D eigenvalue weighted by Crippen LogP contribution is 2.34. The fourth-order valence-electron chi connectivity index (χ4n) is 1.72. The molecule has 19 heavy (non-hydrogen) atoms. The van der Waals surface area contributed by atoms with Gasteiger partial charge in [0.1, 0.15) is 23.1 Å². The Kier molecular flexibility index (Phi) is 4.02. The quantitative estimate of drug-likeness (QED) is 0.904. The number of nitrogens with two attached hydrogens (primary N) is 1. The van der Waals surface area contributed by atoms with Gasteiger partial charge in [0.2, 0.25) is 0 Å². The first-order chi connectivity index (χ1) is 8.99. The average molecular weight is 284 g/mol. The summed E-state index contributed by atoms with van der Waals surface area (Å²) < 4.78 is 32.2. The first-order valence-electron chi connectivity index (χ1n) is 5.66. The fraction of sp³-hybridized carbons (Fsp3) is 0.143. The molecule has 2 aromatic carbocycles. The lowest BCUT2D eigenvalue weighted by Crippen LogP contribution is -2.09. The second-order valence-corrected chi connectivity index (χ2v) is 4.52. The highest BCUT2D eigenvalue weighted by Gasteiger charge is 2.15. The van der Waals surface area contributed by atoms with E-state index < -0.39 is 17.7 Å². The Morgan fingerprint density at radius 1 is 1.16 bits per heavy atom. The molecule has 0 radical (unpaired) electrons. The molecule has 0 saturated heterocycles. The van der Waals surface area contributed by atoms with Crippen LogP contribution in [0.15, 0.2) is 36.4 Å². The molecular weight excluding hydrogens is 272 g/mol. The first kappa shape index (κ1) is 13.8. The van der Waals surface area contributed by atoms with Crippen molar-refractivity contribution in [3.05, 3.63) is 58.6 Å². The third kappa shape index (κ3) is 3.03. The van der Waals surface area contributed by atoms with Gasteiger partial charge in [0, 0.05) is 11.6 Å². The number of halogens is 3. The van der Waals surface area contributed by atoms with Gasteiger partial charge in [-0.1, -0.05) is 17.7 Å². The molecule has 2 aromatic rings. The molecule has 0 unspecified atom stereocenters. The van der Waals surface area contributed by atoms with Crippen molar-refractivity contribution in [2.75, 3.05) is 0 Å². The predicted molar refractivity (Wildman–Crippen MR) is 70.5 cm³/mol. The molecule has 0 heterocycles. The summed E-state index contributed by atoms with van der Waals surface area (Å²) in [6, 6.07) is 7.59. The maximum absolute atomic E-state index is 13.7. The molecule has 2 N–H and O–H groups in total. The van der Waals surface area contributed by atoms with Crippen LogP contribution in [0, 0.1) is 11.6 Å². The van der Waals surface area contributed by atoms with Gasteiger partial charge in [-0.15, -0.1) is 0 Å². The Morgan fingerprint density at radius 3 is 2.53 bits per heavy atom. The minimum atomic E-state index is -0.532. The minimum absolute atomic E-state index is 0.111. The van der Waals surface area contributed by atoms with Crippen LogP contribution < -0.4 is 10.5 Å². The molecule has 0 aliphatic carbocycles. The van der Waals surface area contributed by atoms with Crippen LogP contribution in [0.4, 0.5) is 8.78 Å². The summed E-state index contributed by atoms with van der Waals surface area (Å²) in [7, 11) is 0. The van der Waals surface area contributed by atoms with Crippen LogP contribution in [0.25, 0.3) is 0 Å². The van der Waals surface area contributed by atoms with Crippen molar-refractivity contribution in [1.29, 1.82) is 0 Å². The van der Waals surface area contributed by atoms with Crippen molar-refractivity contribution >= 4 is 11.6 Å². The fourth-order valence-corrected chi connectivity index (χ4v) is 1.93. The van der Waals surface area contributed by atoms with Gasteiger partial charge in [-0.3, -0.25) is 0 Å². The summed E-state index contributed by atoms with van der Waals surface area (Å²) in [5.74, 6) is -0.409. The summed E-state index contributed by atoms with van der Waals surface area (Å²) in [6.45, 7) is 1.65. The minimum Gasteiger partial charge on any atom is -0.455 e. The van der Waals surface area contributed by atoms with E-state index in [1.165, 1.54) is 24.3 Å². The zero-order valence-corrected chi connectivity index (χ0v) is 10.9. The molecule has 0 fully saturated rings. The van der Waals surface area contributed by atoms with E-state index in [0.29, 0.717) is 0 Å². The van der Waals surface area contributed by atoms with Gasteiger partial charge in [-0.25, -0.2) is 8.78 Å². The molecule has 100 valence electrons. The lowest BCUT2D eigenvalue weighted by atomic mass is 10.1. The van der Waals surface area contributed by atoms with E-state index in [9.17, 15) is 8.78 Å². The van der Waals surface area contributed by atoms with Gasteiger partial charge in [0.25, 0.3) is 0 Å². The smallest absolute Gasteiger partial charge is 0.146 e. The van der Waals surface area contributed by atoms with E-state index in [2.05, 4.69) is 0 Å². The number of hydrogen-bond acceptors (Lipinski definition) is 2. The van der Waals surface area contributed by atoms with E-state index in [-0.39, 0.29) is 22.1 Å². The highest BCUT2D eigenvalue weighted by atomic mass is 35.5. The lowest BCUT2D eigenvalue weighted by molar-refractivity contribution is 0.459. The van der Waals surface area contributed by atoms with Crippen LogP contribution in [-0.4, -0.2) is 0 Å². The summed E-state index contributed by atoms with van der Waals surface area (Å²) in [6.07, 6.45) is 0. The van der Waals surface area contributed by atoms with E-state index in [4.69, 9.17) is 22.1 Å². The highest BCUT2D eigenvalue weighted by molar-refractivity contribution is 6.32. The molecule has 0 spiro atoms. The Bertz CT molecular complexity index is 602. The monoisotopic (exact) mass is 283 g/mol. The zero-order chi connectivity index (χ0) is 14.0. The number of rotatable bonds is 3. The van der Waals surface area contributed by atoms with Gasteiger partial charge >= 0.3 is 0 Å². The van der Waals surface area contributed by atoms with Gasteiger partial charge in [0.05, 0.1) is 5.02 Å². The van der Waals surface area contributed by atoms with Gasteiger partial charge in [-0.05, 0) is 37.3 Å². The largest absolute Gasteiger partial charge is 0.455 e. The van der Waals surface area contributed by atoms with E-state index in [0.717, 1.165) is 6.07 Å². The van der Waals surface area contributed by atoms with Gasteiger partial charge in [-0.2, -0.15) is 0 Å². The summed E-state index contributed by atoms with van der Waals surface area (Å²) >= 11 is 5.86. The maximum atomic E-state index is 13.7. The van der Waals surface area contributed by atoms with Crippen LogP contribution in [0.2, 0.25) is 5.02 Å². The van der Waals surface area contributed by atoms with Crippen molar-refractivity contribution in [2.24, 2.45) is 5.73 Å². The summed E-state index contributed by atoms with van der Waals surface area (Å²) in [4.78, 5) is 0. The molecule has 2 nitrogen and oxygen atoms in total. The maximum Gasteiger partial charge on any atom is 0.146 e. The SMILES string of the molecule is C[C@H](N)c1c(F)cccc1Oc1ccc(F)cc1Cl. The molecule has 0 amide bonds. The third-order valence-electron chi connectivity index (χ3n) is 2.58. The Morgan fingerprint density at radius 2 is 1.89 bits per heavy atom. The number of hydrogen-bond donors (Lipinski definition) is 1. The number of ether oxygens (including phenoxy) is 1. The summed E-state index contributed by atoms with van der Waals surface area (Å²) in [5.41, 5.74) is 5.97. The molecule has 1 atom stereocenters. The Labute approximate surface area is 114 Å². The van der Waals surface area contributed by atoms with Crippen LogP contribution in [0.1, 0.15) is 18.5 Å². The molecule has 0 aliphatic rings. The van der Waals surface area contributed by atoms with Crippen molar-refractivity contribution in [1.82, 2.24) is 0 Å². The average Bonchev–Trinajstić information content (AvgIpc) is 2.32. The molecule has 0 aromatic heterocycles. The first-order valence-corrected chi connectivity index (χ1v) is 6.03. The van der Waals surface area contributed by atoms with Crippen LogP contribution >= 0.6 is 11.6 Å². The molecule has 0 saturated carbocycles. The van der Waals surface area contributed by atoms with E-state index >= 15 is 0 Å². The molecule has 0 bridgehead atoms. The van der Waals surface area contributed by atoms with Crippen LogP contribution in [0.5, 0.6) is 11.5 Å². The topological polar surface area (TPSA) is 35.2 Å². The second kappa shape index (κ2) is 5.55. The van der Waals surface area contributed by atoms with Crippen molar-refractivity contribution in [2.45, 2.75) is 13.0 Å². The van der Waals surface area contributed by atoms with Gasteiger partial charge in [0.15, 0.2) is 0 Å². The molecule has 0 aliphatic heterocycles. The van der Waals surface area contributed by atoms with Crippen LogP contribution in [0.3, 0.4) is 0 Å². The lowest BCUT2D eigenvalue weighted by Gasteiger charge is -2.15. The van der Waals surface area contributed by atoms with E-state index in [1.54, 1.807) is 13.0 Å². The molecule has 5 heteroatoms. The molecule has 2 rings (SSSR count). The van der Waals surface area contributed by atoms with Crippen molar-refractivity contribution < 1.29 is 13.5 Å². The zero-order valence-electron chi connectivity index (χ0n) is 10.2. The van der Waals surface area contributed by atoms with Crippen molar-refractivity contribution in [3.63, 3.8) is 0 Å². The summed E-state index contributed by atoms with van der Waals surface area (Å²) in [5, 5.41) is 0.111.